The van der Waals surface area contributed by atoms with Gasteiger partial charge in [-0.1, -0.05) is 6.92 Å². The highest BCUT2D eigenvalue weighted by Gasteiger charge is 2.32. The van der Waals surface area contributed by atoms with E-state index in [1.807, 2.05) is 6.07 Å². The zero-order valence-electron chi connectivity index (χ0n) is 12.2. The molecule has 0 unspecified atom stereocenters. The molecule has 21 heavy (non-hydrogen) atoms. The van der Waals surface area contributed by atoms with E-state index in [2.05, 4.69) is 11.9 Å². The standard InChI is InChI=1S/C14H19N3O4/c1-3-4-11-5-9-7-17(14(19)15-13(9)20-11)12-6-10(8-18)16(2)21-12/h5,7,10,12,18H,3-4,6,8H2,1-2H3/t10-,12+/m1/s1. The molecule has 0 radical (unpaired) electrons. The number of aryl methyl sites for hydroxylation is 1. The molecule has 2 aromatic rings. The highest BCUT2D eigenvalue weighted by Crippen LogP contribution is 2.27. The van der Waals surface area contributed by atoms with Crippen molar-refractivity contribution in [1.29, 1.82) is 0 Å². The molecule has 0 bridgehead atoms. The summed E-state index contributed by atoms with van der Waals surface area (Å²) in [4.78, 5) is 21.7. The highest BCUT2D eigenvalue weighted by molar-refractivity contribution is 5.72. The summed E-state index contributed by atoms with van der Waals surface area (Å²) < 4.78 is 7.01. The second-order valence-electron chi connectivity index (χ2n) is 5.33. The predicted molar refractivity (Wildman–Crippen MR) is 75.6 cm³/mol. The second kappa shape index (κ2) is 5.59. The first kappa shape index (κ1) is 14.2. The largest absolute Gasteiger partial charge is 0.443 e. The molecular weight excluding hydrogens is 274 g/mol. The van der Waals surface area contributed by atoms with Gasteiger partial charge in [0.05, 0.1) is 18.0 Å². The van der Waals surface area contributed by atoms with Crippen LogP contribution in [0.3, 0.4) is 0 Å². The highest BCUT2D eigenvalue weighted by atomic mass is 16.7. The molecule has 0 spiro atoms. The Kier molecular flexibility index (Phi) is 3.79. The molecule has 7 nitrogen and oxygen atoms in total. The molecule has 3 rings (SSSR count). The molecule has 1 N–H and O–H groups in total. The molecule has 0 amide bonds. The topological polar surface area (TPSA) is 80.7 Å². The predicted octanol–water partition coefficient (Wildman–Crippen LogP) is 1.07. The van der Waals surface area contributed by atoms with Gasteiger partial charge in [-0.25, -0.2) is 4.79 Å². The van der Waals surface area contributed by atoms with Crippen LogP contribution in [0.25, 0.3) is 11.1 Å². The van der Waals surface area contributed by atoms with Crippen LogP contribution in [-0.2, 0) is 11.3 Å². The molecule has 0 aromatic carbocycles. The average molecular weight is 293 g/mol. The van der Waals surface area contributed by atoms with Gasteiger partial charge in [0.15, 0.2) is 6.23 Å². The van der Waals surface area contributed by atoms with Crippen LogP contribution in [0.15, 0.2) is 21.5 Å². The number of aromatic nitrogens is 2. The molecule has 114 valence electrons. The minimum Gasteiger partial charge on any atom is -0.443 e. The number of nitrogens with zero attached hydrogens (tertiary/aromatic N) is 3. The zero-order chi connectivity index (χ0) is 15.0. The summed E-state index contributed by atoms with van der Waals surface area (Å²) in [7, 11) is 1.75. The first-order chi connectivity index (χ1) is 10.1. The number of hydroxylamine groups is 2. The number of fused-ring (bicyclic) bond motifs is 1. The van der Waals surface area contributed by atoms with E-state index in [1.165, 1.54) is 4.57 Å². The van der Waals surface area contributed by atoms with Gasteiger partial charge in [-0.3, -0.25) is 9.40 Å². The van der Waals surface area contributed by atoms with Crippen molar-refractivity contribution in [2.75, 3.05) is 13.7 Å². The van der Waals surface area contributed by atoms with E-state index < -0.39 is 11.9 Å². The third kappa shape index (κ3) is 2.59. The first-order valence-corrected chi connectivity index (χ1v) is 7.14. The Labute approximate surface area is 121 Å². The number of rotatable bonds is 4. The SMILES string of the molecule is CCCc1cc2cn([C@@H]3C[C@H](CO)N(C)O3)c(=O)nc2o1. The molecule has 0 saturated carbocycles. The van der Waals surface area contributed by atoms with E-state index in [0.717, 1.165) is 24.0 Å². The first-order valence-electron chi connectivity index (χ1n) is 7.14. The van der Waals surface area contributed by atoms with Gasteiger partial charge in [-0.05, 0) is 12.5 Å². The van der Waals surface area contributed by atoms with E-state index in [9.17, 15) is 9.90 Å². The average Bonchev–Trinajstić information content (AvgIpc) is 3.00. The Morgan fingerprint density at radius 3 is 3.00 bits per heavy atom. The van der Waals surface area contributed by atoms with E-state index in [-0.39, 0.29) is 12.6 Å². The maximum Gasteiger partial charge on any atom is 0.353 e. The summed E-state index contributed by atoms with van der Waals surface area (Å²) in [5.74, 6) is 0.829. The molecule has 1 saturated heterocycles. The molecule has 0 aliphatic carbocycles. The number of aliphatic hydroxyl groups excluding tert-OH is 1. The molecule has 3 heterocycles. The van der Waals surface area contributed by atoms with Gasteiger partial charge >= 0.3 is 5.69 Å². The Hall–Kier alpha value is -1.70. The van der Waals surface area contributed by atoms with Gasteiger partial charge < -0.3 is 9.52 Å². The Balaban J connectivity index is 1.95. The van der Waals surface area contributed by atoms with Crippen molar-refractivity contribution >= 4 is 11.1 Å². The fourth-order valence-electron chi connectivity index (χ4n) is 2.61. The molecule has 7 heteroatoms. The minimum absolute atomic E-state index is 0.0101. The molecule has 2 aromatic heterocycles. The summed E-state index contributed by atoms with van der Waals surface area (Å²) >= 11 is 0. The summed E-state index contributed by atoms with van der Waals surface area (Å²) in [6, 6.07) is 1.79. The lowest BCUT2D eigenvalue weighted by atomic mass is 10.2. The molecule has 1 aliphatic rings. The summed E-state index contributed by atoms with van der Waals surface area (Å²) in [6.07, 6.45) is 3.60. The quantitative estimate of drug-likeness (QED) is 0.908. The van der Waals surface area contributed by atoms with E-state index in [4.69, 9.17) is 9.25 Å². The van der Waals surface area contributed by atoms with Gasteiger partial charge in [0, 0.05) is 26.1 Å². The number of aliphatic hydroxyl groups is 1. The van der Waals surface area contributed by atoms with Crippen LogP contribution in [0.4, 0.5) is 0 Å². The summed E-state index contributed by atoms with van der Waals surface area (Å²) in [5.41, 5.74) is -0.0401. The third-order valence-corrected chi connectivity index (χ3v) is 3.78. The van der Waals surface area contributed by atoms with Crippen LogP contribution >= 0.6 is 0 Å². The van der Waals surface area contributed by atoms with Crippen LogP contribution in [0.1, 0.15) is 31.8 Å². The van der Waals surface area contributed by atoms with E-state index in [0.29, 0.717) is 12.1 Å². The van der Waals surface area contributed by atoms with Crippen LogP contribution in [0.2, 0.25) is 0 Å². The lowest BCUT2D eigenvalue weighted by molar-refractivity contribution is -0.170. The molecule has 1 aliphatic heterocycles. The molecular formula is C14H19N3O4. The van der Waals surface area contributed by atoms with Crippen LogP contribution in [0, 0.1) is 0 Å². The van der Waals surface area contributed by atoms with E-state index >= 15 is 0 Å². The zero-order valence-corrected chi connectivity index (χ0v) is 12.2. The van der Waals surface area contributed by atoms with Gasteiger partial charge in [-0.2, -0.15) is 10.0 Å². The fraction of sp³-hybridized carbons (Fsp3) is 0.571. The monoisotopic (exact) mass is 293 g/mol. The van der Waals surface area contributed by atoms with Crippen molar-refractivity contribution in [2.45, 2.75) is 38.5 Å². The van der Waals surface area contributed by atoms with Crippen molar-refractivity contribution in [2.24, 2.45) is 0 Å². The number of likely N-dealkylation sites (N-methyl/N-ethyl adjacent to an activating group) is 1. The molecule has 1 fully saturated rings. The number of furan rings is 1. The Bertz CT molecular complexity index is 693. The maximum atomic E-state index is 12.1. The lowest BCUT2D eigenvalue weighted by Crippen LogP contribution is -2.27. The maximum absolute atomic E-state index is 12.1. The smallest absolute Gasteiger partial charge is 0.353 e. The number of hydrogen-bond donors (Lipinski definition) is 1. The lowest BCUT2D eigenvalue weighted by Gasteiger charge is -2.14. The van der Waals surface area contributed by atoms with Crippen molar-refractivity contribution in [1.82, 2.24) is 14.6 Å². The molecule has 2 atom stereocenters. The van der Waals surface area contributed by atoms with Gasteiger partial charge in [0.1, 0.15) is 5.76 Å². The summed E-state index contributed by atoms with van der Waals surface area (Å²) in [5, 5.41) is 11.6. The van der Waals surface area contributed by atoms with Crippen LogP contribution in [0.5, 0.6) is 0 Å². The normalized spacial score (nSPS) is 23.2. The number of hydrogen-bond acceptors (Lipinski definition) is 6. The van der Waals surface area contributed by atoms with Crippen LogP contribution < -0.4 is 5.69 Å². The third-order valence-electron chi connectivity index (χ3n) is 3.78. The van der Waals surface area contributed by atoms with Gasteiger partial charge in [0.2, 0.25) is 5.71 Å². The summed E-state index contributed by atoms with van der Waals surface area (Å²) in [6.45, 7) is 2.06. The van der Waals surface area contributed by atoms with Gasteiger partial charge in [0.25, 0.3) is 0 Å². The van der Waals surface area contributed by atoms with E-state index in [1.54, 1.807) is 18.3 Å². The minimum atomic E-state index is -0.443. The fourth-order valence-corrected chi connectivity index (χ4v) is 2.61. The second-order valence-corrected chi connectivity index (χ2v) is 5.33. The van der Waals surface area contributed by atoms with Crippen molar-refractivity contribution in [3.8, 4) is 0 Å². The van der Waals surface area contributed by atoms with Crippen molar-refractivity contribution in [3.05, 3.63) is 28.5 Å². The Morgan fingerprint density at radius 1 is 1.52 bits per heavy atom. The van der Waals surface area contributed by atoms with Gasteiger partial charge in [-0.15, -0.1) is 0 Å². The Morgan fingerprint density at radius 2 is 2.33 bits per heavy atom. The van der Waals surface area contributed by atoms with Crippen LogP contribution in [-0.4, -0.2) is 39.4 Å². The van der Waals surface area contributed by atoms with Crippen molar-refractivity contribution in [3.63, 3.8) is 0 Å². The van der Waals surface area contributed by atoms with Crippen molar-refractivity contribution < 1.29 is 14.4 Å².